The molecule has 4 rings (SSSR count). The summed E-state index contributed by atoms with van der Waals surface area (Å²) in [5, 5.41) is 5.95. The average Bonchev–Trinajstić information content (AvgIpc) is 3.32. The van der Waals surface area contributed by atoms with E-state index in [1.54, 1.807) is 12.1 Å². The van der Waals surface area contributed by atoms with E-state index in [9.17, 15) is 9.59 Å². The lowest BCUT2D eigenvalue weighted by atomic mass is 9.96. The Hall–Kier alpha value is -2.32. The summed E-state index contributed by atoms with van der Waals surface area (Å²) >= 11 is 0. The van der Waals surface area contributed by atoms with E-state index in [0.717, 1.165) is 31.4 Å². The molecule has 1 saturated carbocycles. The molecule has 1 aliphatic carbocycles. The third kappa shape index (κ3) is 4.70. The third-order valence-electron chi connectivity index (χ3n) is 6.16. The number of carbonyl (C=O) groups is 2. The van der Waals surface area contributed by atoms with Crippen molar-refractivity contribution in [1.82, 2.24) is 10.6 Å². The van der Waals surface area contributed by atoms with Gasteiger partial charge >= 0.3 is 6.09 Å². The normalized spacial score (nSPS) is 28.6. The van der Waals surface area contributed by atoms with Crippen LogP contribution in [0.1, 0.15) is 42.5 Å². The van der Waals surface area contributed by atoms with E-state index in [-0.39, 0.29) is 36.8 Å². The Kier molecular flexibility index (Phi) is 6.43. The summed E-state index contributed by atoms with van der Waals surface area (Å²) in [5.74, 6) is -0.169. The van der Waals surface area contributed by atoms with Crippen molar-refractivity contribution in [2.45, 2.75) is 62.5 Å². The van der Waals surface area contributed by atoms with E-state index in [2.05, 4.69) is 10.6 Å². The number of fused-ring (bicyclic) bond motifs is 1. The molecule has 2 saturated heterocycles. The highest BCUT2D eigenvalue weighted by Gasteiger charge is 2.50. The van der Waals surface area contributed by atoms with Crippen LogP contribution in [-0.4, -0.2) is 69.7 Å². The summed E-state index contributed by atoms with van der Waals surface area (Å²) in [6.07, 6.45) is 3.98. The number of nitrogens with one attached hydrogen (secondary N) is 2. The first kappa shape index (κ1) is 20.9. The number of nitrogens with zero attached hydrogens (tertiary/aromatic N) is 1. The Morgan fingerprint density at radius 2 is 1.67 bits per heavy atom. The topological polar surface area (TPSA) is 89.1 Å². The summed E-state index contributed by atoms with van der Waals surface area (Å²) in [6, 6.07) is 7.34. The van der Waals surface area contributed by atoms with Crippen molar-refractivity contribution >= 4 is 17.7 Å². The molecular formula is C22H31N3O5. The van der Waals surface area contributed by atoms with Crippen molar-refractivity contribution in [3.05, 3.63) is 29.8 Å². The zero-order valence-corrected chi connectivity index (χ0v) is 17.6. The molecule has 8 heteroatoms. The van der Waals surface area contributed by atoms with Gasteiger partial charge in [0.2, 0.25) is 0 Å². The minimum Gasteiger partial charge on any atom is -0.441 e. The van der Waals surface area contributed by atoms with Gasteiger partial charge in [-0.05, 0) is 37.1 Å². The van der Waals surface area contributed by atoms with E-state index in [1.807, 2.05) is 31.1 Å². The van der Waals surface area contributed by atoms with Gasteiger partial charge in [0, 0.05) is 31.4 Å². The first-order valence-corrected chi connectivity index (χ1v) is 10.8. The van der Waals surface area contributed by atoms with Crippen LogP contribution >= 0.6 is 0 Å². The maximum absolute atomic E-state index is 12.6. The molecular weight excluding hydrogens is 386 g/mol. The van der Waals surface area contributed by atoms with Crippen molar-refractivity contribution in [2.24, 2.45) is 0 Å². The molecule has 3 fully saturated rings. The molecule has 2 heterocycles. The monoisotopic (exact) mass is 417 g/mol. The summed E-state index contributed by atoms with van der Waals surface area (Å²) in [6.45, 7) is 0.609. The zero-order chi connectivity index (χ0) is 21.1. The number of amides is 2. The van der Waals surface area contributed by atoms with E-state index < -0.39 is 12.2 Å². The van der Waals surface area contributed by atoms with Crippen LogP contribution in [0.4, 0.5) is 10.5 Å². The predicted molar refractivity (Wildman–Crippen MR) is 112 cm³/mol. The lowest BCUT2D eigenvalue weighted by molar-refractivity contribution is 0.00261. The molecule has 1 aromatic carbocycles. The van der Waals surface area contributed by atoms with E-state index >= 15 is 0 Å². The molecule has 8 nitrogen and oxygen atoms in total. The van der Waals surface area contributed by atoms with Gasteiger partial charge in [0.05, 0.1) is 19.3 Å². The molecule has 3 aliphatic rings. The van der Waals surface area contributed by atoms with Gasteiger partial charge in [-0.15, -0.1) is 0 Å². The van der Waals surface area contributed by atoms with Gasteiger partial charge < -0.3 is 29.7 Å². The van der Waals surface area contributed by atoms with Gasteiger partial charge in [0.1, 0.15) is 12.2 Å². The van der Waals surface area contributed by atoms with Gasteiger partial charge in [0.15, 0.2) is 6.10 Å². The second-order valence-corrected chi connectivity index (χ2v) is 8.54. The first-order valence-electron chi connectivity index (χ1n) is 10.8. The smallest absolute Gasteiger partial charge is 0.407 e. The minimum absolute atomic E-state index is 0.169. The quantitative estimate of drug-likeness (QED) is 0.763. The number of ether oxygens (including phenoxy) is 3. The fraction of sp³-hybridized carbons (Fsp3) is 0.636. The van der Waals surface area contributed by atoms with Crippen LogP contribution in [0.25, 0.3) is 0 Å². The van der Waals surface area contributed by atoms with Gasteiger partial charge in [-0.2, -0.15) is 0 Å². The van der Waals surface area contributed by atoms with Gasteiger partial charge in [-0.3, -0.25) is 4.79 Å². The molecule has 2 aliphatic heterocycles. The average molecular weight is 418 g/mol. The summed E-state index contributed by atoms with van der Waals surface area (Å²) in [7, 11) is 3.91. The highest BCUT2D eigenvalue weighted by molar-refractivity contribution is 5.94. The number of hydrogen-bond donors (Lipinski definition) is 2. The van der Waals surface area contributed by atoms with E-state index in [0.29, 0.717) is 12.2 Å². The summed E-state index contributed by atoms with van der Waals surface area (Å²) in [5.41, 5.74) is 1.61. The predicted octanol–water partition coefficient (Wildman–Crippen LogP) is 2.08. The molecule has 0 bridgehead atoms. The lowest BCUT2D eigenvalue weighted by Gasteiger charge is -2.24. The molecule has 4 atom stereocenters. The number of benzene rings is 1. The summed E-state index contributed by atoms with van der Waals surface area (Å²) < 4.78 is 17.2. The Morgan fingerprint density at radius 3 is 2.37 bits per heavy atom. The second-order valence-electron chi connectivity index (χ2n) is 8.54. The van der Waals surface area contributed by atoms with Crippen LogP contribution in [0.15, 0.2) is 24.3 Å². The molecule has 2 N–H and O–H groups in total. The number of rotatable bonds is 5. The highest BCUT2D eigenvalue weighted by atomic mass is 16.6. The van der Waals surface area contributed by atoms with Crippen LogP contribution in [0, 0.1) is 0 Å². The fourth-order valence-electron chi connectivity index (χ4n) is 4.44. The standard InChI is InChI=1S/C22H31N3O5/c1-25(2)16-10-8-14(9-11-16)21(26)24-17-12-28-20-18(13-29-19(17)20)30-22(27)23-15-6-4-3-5-7-15/h8-11,15,17-20H,3-7,12-13H2,1-2H3,(H,23,27)(H,24,26)/t17-,18-,19-,20+/m1/s1. The van der Waals surface area contributed by atoms with Crippen molar-refractivity contribution in [3.8, 4) is 0 Å². The molecule has 0 unspecified atom stereocenters. The molecule has 164 valence electrons. The van der Waals surface area contributed by atoms with Crippen LogP contribution in [0.2, 0.25) is 0 Å². The number of hydrogen-bond acceptors (Lipinski definition) is 6. The van der Waals surface area contributed by atoms with Crippen LogP contribution in [-0.2, 0) is 14.2 Å². The highest BCUT2D eigenvalue weighted by Crippen LogP contribution is 2.29. The molecule has 0 spiro atoms. The Morgan fingerprint density at radius 1 is 0.967 bits per heavy atom. The van der Waals surface area contributed by atoms with Gasteiger partial charge in [-0.1, -0.05) is 19.3 Å². The summed E-state index contributed by atoms with van der Waals surface area (Å²) in [4.78, 5) is 26.9. The van der Waals surface area contributed by atoms with Crippen LogP contribution in [0.3, 0.4) is 0 Å². The largest absolute Gasteiger partial charge is 0.441 e. The molecule has 2 amide bonds. The lowest BCUT2D eigenvalue weighted by Crippen LogP contribution is -2.45. The Bertz CT molecular complexity index is 748. The maximum atomic E-state index is 12.6. The second kappa shape index (κ2) is 9.22. The van der Waals surface area contributed by atoms with Crippen LogP contribution in [0.5, 0.6) is 0 Å². The SMILES string of the molecule is CN(C)c1ccc(C(=O)N[C@@H]2CO[C@@H]3[C@@H]2OC[C@H]3OC(=O)NC2CCCCC2)cc1. The van der Waals surface area contributed by atoms with Gasteiger partial charge in [-0.25, -0.2) is 4.79 Å². The zero-order valence-electron chi connectivity index (χ0n) is 17.6. The third-order valence-corrected chi connectivity index (χ3v) is 6.16. The molecule has 30 heavy (non-hydrogen) atoms. The van der Waals surface area contributed by atoms with Crippen molar-refractivity contribution in [1.29, 1.82) is 0 Å². The van der Waals surface area contributed by atoms with E-state index in [1.165, 1.54) is 6.42 Å². The Labute approximate surface area is 177 Å². The molecule has 0 radical (unpaired) electrons. The van der Waals surface area contributed by atoms with E-state index in [4.69, 9.17) is 14.2 Å². The number of carbonyl (C=O) groups excluding carboxylic acids is 2. The maximum Gasteiger partial charge on any atom is 0.407 e. The van der Waals surface area contributed by atoms with Crippen molar-refractivity contribution in [3.63, 3.8) is 0 Å². The number of anilines is 1. The Balaban J connectivity index is 1.28. The first-order chi connectivity index (χ1) is 14.5. The van der Waals surface area contributed by atoms with Crippen molar-refractivity contribution < 1.29 is 23.8 Å². The number of alkyl carbamates (subject to hydrolysis) is 1. The fourth-order valence-corrected chi connectivity index (χ4v) is 4.44. The molecule has 1 aromatic rings. The minimum atomic E-state index is -0.458. The van der Waals surface area contributed by atoms with Gasteiger partial charge in [0.25, 0.3) is 5.91 Å². The molecule has 0 aromatic heterocycles. The van der Waals surface area contributed by atoms with Crippen molar-refractivity contribution in [2.75, 3.05) is 32.2 Å². The van der Waals surface area contributed by atoms with Crippen LogP contribution < -0.4 is 15.5 Å².